The van der Waals surface area contributed by atoms with Crippen molar-refractivity contribution in [3.63, 3.8) is 0 Å². The van der Waals surface area contributed by atoms with E-state index >= 15 is 0 Å². The highest BCUT2D eigenvalue weighted by Crippen LogP contribution is 2.14. The monoisotopic (exact) mass is 291 g/mol. The van der Waals surface area contributed by atoms with E-state index in [0.717, 1.165) is 5.56 Å². The van der Waals surface area contributed by atoms with E-state index in [9.17, 15) is 0 Å². The van der Waals surface area contributed by atoms with Gasteiger partial charge < -0.3 is 17.2 Å². The number of hydrogen-bond acceptors (Lipinski definition) is 2. The van der Waals surface area contributed by atoms with Gasteiger partial charge in [0.2, 0.25) is 5.96 Å². The molecule has 2 aromatic rings. The van der Waals surface area contributed by atoms with Crippen LogP contribution in [0.3, 0.4) is 0 Å². The smallest absolute Gasteiger partial charge is 0.223 e. The molecule has 0 amide bonds. The first kappa shape index (κ1) is 13.9. The van der Waals surface area contributed by atoms with Gasteiger partial charge in [0.05, 0.1) is 23.5 Å². The summed E-state index contributed by atoms with van der Waals surface area (Å²) in [5, 5.41) is 4.71. The second kappa shape index (κ2) is 6.07. The maximum absolute atomic E-state index is 5.80. The van der Waals surface area contributed by atoms with Crippen LogP contribution in [0.1, 0.15) is 5.56 Å². The number of hydrogen-bond donors (Lipinski definition) is 3. The quantitative estimate of drug-likeness (QED) is 0.572. The summed E-state index contributed by atoms with van der Waals surface area (Å²) in [7, 11) is 0. The summed E-state index contributed by atoms with van der Waals surface area (Å²) in [4.78, 5) is 7.69. The molecule has 2 rings (SSSR count). The van der Waals surface area contributed by atoms with Gasteiger partial charge in [0.25, 0.3) is 0 Å². The van der Waals surface area contributed by atoms with Crippen molar-refractivity contribution in [1.29, 1.82) is 0 Å². The Balaban J connectivity index is 2.08. The summed E-state index contributed by atoms with van der Waals surface area (Å²) in [6.45, 7) is 0.625. The Morgan fingerprint density at radius 1 is 1.20 bits per heavy atom. The first-order valence-electron chi connectivity index (χ1n) is 5.73. The predicted octanol–water partition coefficient (Wildman–Crippen LogP) is 0.804. The number of guanidine groups is 2. The lowest BCUT2D eigenvalue weighted by atomic mass is 10.2. The van der Waals surface area contributed by atoms with Crippen LogP contribution in [0, 0.1) is 0 Å². The van der Waals surface area contributed by atoms with Crippen LogP contribution in [0.5, 0.6) is 0 Å². The minimum Gasteiger partial charge on any atom is -0.370 e. The Hall–Kier alpha value is -2.54. The number of aromatic nitrogens is 2. The Kier molecular flexibility index (Phi) is 4.21. The van der Waals surface area contributed by atoms with Crippen molar-refractivity contribution < 1.29 is 0 Å². The lowest BCUT2D eigenvalue weighted by molar-refractivity contribution is 0.687. The summed E-state index contributed by atoms with van der Waals surface area (Å²) in [5.41, 5.74) is 17.7. The van der Waals surface area contributed by atoms with Crippen molar-refractivity contribution in [3.05, 3.63) is 47.2 Å². The van der Waals surface area contributed by atoms with Gasteiger partial charge in [-0.1, -0.05) is 23.7 Å². The van der Waals surface area contributed by atoms with Crippen LogP contribution in [0.25, 0.3) is 0 Å². The molecule has 6 N–H and O–H groups in total. The number of rotatable bonds is 3. The van der Waals surface area contributed by atoms with Crippen molar-refractivity contribution in [1.82, 2.24) is 9.78 Å². The molecular weight excluding hydrogens is 278 g/mol. The Bertz CT molecular complexity index is 638. The van der Waals surface area contributed by atoms with Crippen molar-refractivity contribution >= 4 is 29.2 Å². The van der Waals surface area contributed by atoms with Crippen molar-refractivity contribution in [3.8, 4) is 0 Å². The van der Waals surface area contributed by atoms with E-state index in [1.807, 2.05) is 24.3 Å². The number of aliphatic imine (C=N–C) groups is 2. The van der Waals surface area contributed by atoms with Crippen LogP contribution in [0.4, 0.5) is 5.69 Å². The van der Waals surface area contributed by atoms with Gasteiger partial charge in [-0.25, -0.2) is 4.99 Å². The molecule has 104 valence electrons. The highest BCUT2D eigenvalue weighted by Gasteiger charge is 1.99. The number of halogens is 1. The highest BCUT2D eigenvalue weighted by molar-refractivity contribution is 6.30. The van der Waals surface area contributed by atoms with Gasteiger partial charge in [0.1, 0.15) is 0 Å². The number of nitrogens with two attached hydrogens (primary N) is 3. The lowest BCUT2D eigenvalue weighted by Gasteiger charge is -2.02. The standard InChI is InChI=1S/C12H14ClN7/c13-9-5-17-20(7-9)6-8-1-3-10(4-2-8)18-12(16)19-11(14)15/h1-5,7H,6H2,(H6,14,15,16,18,19). The molecule has 0 unspecified atom stereocenters. The van der Waals surface area contributed by atoms with E-state index in [1.165, 1.54) is 0 Å². The van der Waals surface area contributed by atoms with Crippen LogP contribution in [-0.2, 0) is 6.54 Å². The van der Waals surface area contributed by atoms with Crippen LogP contribution in [-0.4, -0.2) is 21.7 Å². The molecule has 20 heavy (non-hydrogen) atoms. The van der Waals surface area contributed by atoms with Gasteiger partial charge in [-0.3, -0.25) is 4.68 Å². The summed E-state index contributed by atoms with van der Waals surface area (Å²) in [6, 6.07) is 7.46. The predicted molar refractivity (Wildman–Crippen MR) is 79.9 cm³/mol. The van der Waals surface area contributed by atoms with Gasteiger partial charge in [-0.15, -0.1) is 0 Å². The molecule has 0 spiro atoms. The van der Waals surface area contributed by atoms with E-state index < -0.39 is 0 Å². The third kappa shape index (κ3) is 3.99. The molecule has 1 heterocycles. The molecule has 0 atom stereocenters. The summed E-state index contributed by atoms with van der Waals surface area (Å²) >= 11 is 5.80. The molecule has 0 aliphatic rings. The zero-order chi connectivity index (χ0) is 14.5. The number of benzene rings is 1. The first-order valence-corrected chi connectivity index (χ1v) is 6.11. The highest BCUT2D eigenvalue weighted by atomic mass is 35.5. The van der Waals surface area contributed by atoms with Gasteiger partial charge in [-0.2, -0.15) is 10.1 Å². The summed E-state index contributed by atoms with van der Waals surface area (Å²) < 4.78 is 1.74. The molecule has 8 heteroatoms. The molecule has 1 aromatic carbocycles. The number of nitrogens with zero attached hydrogens (tertiary/aromatic N) is 4. The lowest BCUT2D eigenvalue weighted by Crippen LogP contribution is -2.26. The fourth-order valence-electron chi connectivity index (χ4n) is 1.58. The van der Waals surface area contributed by atoms with Gasteiger partial charge in [-0.05, 0) is 17.7 Å². The van der Waals surface area contributed by atoms with Crippen LogP contribution in [0.2, 0.25) is 5.02 Å². The summed E-state index contributed by atoms with van der Waals surface area (Å²) in [6.07, 6.45) is 3.35. The second-order valence-corrected chi connectivity index (χ2v) is 4.47. The molecule has 0 saturated carbocycles. The molecule has 1 aromatic heterocycles. The third-order valence-electron chi connectivity index (χ3n) is 2.37. The molecule has 0 bridgehead atoms. The Morgan fingerprint density at radius 2 is 1.90 bits per heavy atom. The summed E-state index contributed by atoms with van der Waals surface area (Å²) in [5.74, 6) is -0.116. The van der Waals surface area contributed by atoms with Crippen LogP contribution in [0.15, 0.2) is 46.6 Å². The molecule has 0 aliphatic carbocycles. The zero-order valence-corrected chi connectivity index (χ0v) is 11.3. The van der Waals surface area contributed by atoms with Crippen LogP contribution >= 0.6 is 11.6 Å². The normalized spacial score (nSPS) is 11.3. The molecule has 0 fully saturated rings. The van der Waals surface area contributed by atoms with E-state index in [1.54, 1.807) is 17.1 Å². The molecule has 0 aliphatic heterocycles. The van der Waals surface area contributed by atoms with E-state index in [-0.39, 0.29) is 11.9 Å². The Labute approximate surface area is 120 Å². The van der Waals surface area contributed by atoms with Crippen molar-refractivity contribution in [2.75, 3.05) is 0 Å². The minimum absolute atomic E-state index is 0.0107. The van der Waals surface area contributed by atoms with Gasteiger partial charge in [0.15, 0.2) is 5.96 Å². The molecule has 0 saturated heterocycles. The second-order valence-electron chi connectivity index (χ2n) is 4.03. The average molecular weight is 292 g/mol. The van der Waals surface area contributed by atoms with E-state index in [2.05, 4.69) is 15.1 Å². The largest absolute Gasteiger partial charge is 0.370 e. The maximum atomic E-state index is 5.80. The van der Waals surface area contributed by atoms with E-state index in [4.69, 9.17) is 28.8 Å². The Morgan fingerprint density at radius 3 is 2.45 bits per heavy atom. The third-order valence-corrected chi connectivity index (χ3v) is 2.57. The SMILES string of the molecule is NC(N)=NC(N)=Nc1ccc(Cn2cc(Cl)cn2)cc1. The molecular formula is C12H14ClN7. The van der Waals surface area contributed by atoms with Crippen molar-refractivity contribution in [2.24, 2.45) is 27.2 Å². The topological polar surface area (TPSA) is 121 Å². The zero-order valence-electron chi connectivity index (χ0n) is 10.6. The van der Waals surface area contributed by atoms with Crippen LogP contribution < -0.4 is 17.2 Å². The van der Waals surface area contributed by atoms with Crippen molar-refractivity contribution in [2.45, 2.75) is 6.54 Å². The van der Waals surface area contributed by atoms with E-state index in [0.29, 0.717) is 17.3 Å². The van der Waals surface area contributed by atoms with Gasteiger partial charge in [0, 0.05) is 6.20 Å². The minimum atomic E-state index is -0.126. The average Bonchev–Trinajstić information content (AvgIpc) is 2.76. The first-order chi connectivity index (χ1) is 9.52. The molecule has 7 nitrogen and oxygen atoms in total. The molecule has 0 radical (unpaired) electrons. The fourth-order valence-corrected chi connectivity index (χ4v) is 1.73. The van der Waals surface area contributed by atoms with Gasteiger partial charge >= 0.3 is 0 Å². The fraction of sp³-hybridized carbons (Fsp3) is 0.0833. The maximum Gasteiger partial charge on any atom is 0.223 e.